The summed E-state index contributed by atoms with van der Waals surface area (Å²) in [5, 5.41) is 3.26. The minimum absolute atomic E-state index is 0.106. The van der Waals surface area contributed by atoms with E-state index in [2.05, 4.69) is 5.32 Å². The number of halogens is 1. The third kappa shape index (κ3) is 2.09. The molecule has 3 N–H and O–H groups in total. The Balaban J connectivity index is 2.27. The van der Waals surface area contributed by atoms with Gasteiger partial charge in [-0.2, -0.15) is 0 Å². The monoisotopic (exact) mass is 224 g/mol. The highest BCUT2D eigenvalue weighted by Gasteiger charge is 2.19. The van der Waals surface area contributed by atoms with Crippen molar-refractivity contribution in [2.75, 3.05) is 5.32 Å². The SMILES string of the molecule is NC(=S)c1c(F)cccc1NC1CCC1. The van der Waals surface area contributed by atoms with Crippen LogP contribution in [0.15, 0.2) is 18.2 Å². The average molecular weight is 224 g/mol. The number of nitrogens with one attached hydrogen (secondary N) is 1. The predicted octanol–water partition coefficient (Wildman–Crippen LogP) is 2.42. The maximum absolute atomic E-state index is 13.5. The van der Waals surface area contributed by atoms with Crippen molar-refractivity contribution in [2.45, 2.75) is 25.3 Å². The van der Waals surface area contributed by atoms with Crippen LogP contribution in [-0.4, -0.2) is 11.0 Å². The Morgan fingerprint density at radius 1 is 1.47 bits per heavy atom. The molecule has 0 radical (unpaired) electrons. The van der Waals surface area contributed by atoms with Crippen LogP contribution >= 0.6 is 12.2 Å². The Bertz CT molecular complexity index is 388. The molecule has 15 heavy (non-hydrogen) atoms. The Labute approximate surface area is 93.7 Å². The van der Waals surface area contributed by atoms with Gasteiger partial charge in [0.2, 0.25) is 0 Å². The van der Waals surface area contributed by atoms with Crippen molar-refractivity contribution in [2.24, 2.45) is 5.73 Å². The van der Waals surface area contributed by atoms with Gasteiger partial charge in [0.05, 0.1) is 5.56 Å². The van der Waals surface area contributed by atoms with Gasteiger partial charge in [-0.25, -0.2) is 4.39 Å². The van der Waals surface area contributed by atoms with Crippen molar-refractivity contribution >= 4 is 22.9 Å². The number of hydrogen-bond donors (Lipinski definition) is 2. The molecule has 1 aliphatic rings. The quantitative estimate of drug-likeness (QED) is 0.774. The molecule has 2 rings (SSSR count). The van der Waals surface area contributed by atoms with Crippen molar-refractivity contribution in [3.05, 3.63) is 29.6 Å². The van der Waals surface area contributed by atoms with Gasteiger partial charge in [-0.3, -0.25) is 0 Å². The zero-order chi connectivity index (χ0) is 10.8. The van der Waals surface area contributed by atoms with Crippen LogP contribution in [0.2, 0.25) is 0 Å². The van der Waals surface area contributed by atoms with E-state index >= 15 is 0 Å². The first-order chi connectivity index (χ1) is 7.18. The standard InChI is InChI=1S/C11H13FN2S/c12-8-5-2-6-9(10(8)11(13)15)14-7-3-1-4-7/h2,5-7,14H,1,3-4H2,(H2,13,15). The lowest BCUT2D eigenvalue weighted by Crippen LogP contribution is -2.28. The van der Waals surface area contributed by atoms with Crippen LogP contribution in [0.3, 0.4) is 0 Å². The molecule has 0 spiro atoms. The van der Waals surface area contributed by atoms with E-state index in [9.17, 15) is 4.39 Å². The second-order valence-electron chi connectivity index (χ2n) is 3.80. The summed E-state index contributed by atoms with van der Waals surface area (Å²) < 4.78 is 13.5. The summed E-state index contributed by atoms with van der Waals surface area (Å²) in [6.45, 7) is 0. The second-order valence-corrected chi connectivity index (χ2v) is 4.24. The van der Waals surface area contributed by atoms with Crippen LogP contribution in [-0.2, 0) is 0 Å². The van der Waals surface area contributed by atoms with Crippen molar-refractivity contribution in [1.82, 2.24) is 0 Å². The van der Waals surface area contributed by atoms with Crippen LogP contribution in [0, 0.1) is 5.82 Å². The van der Waals surface area contributed by atoms with Crippen LogP contribution in [0.25, 0.3) is 0 Å². The smallest absolute Gasteiger partial charge is 0.135 e. The van der Waals surface area contributed by atoms with Gasteiger partial charge in [0.15, 0.2) is 0 Å². The van der Waals surface area contributed by atoms with Gasteiger partial charge in [-0.05, 0) is 31.4 Å². The summed E-state index contributed by atoms with van der Waals surface area (Å²) in [6.07, 6.45) is 3.50. The topological polar surface area (TPSA) is 38.0 Å². The highest BCUT2D eigenvalue weighted by atomic mass is 32.1. The molecule has 0 aliphatic heterocycles. The molecule has 1 aromatic carbocycles. The first kappa shape index (κ1) is 10.4. The van der Waals surface area contributed by atoms with Crippen LogP contribution in [0.1, 0.15) is 24.8 Å². The Morgan fingerprint density at radius 2 is 2.20 bits per heavy atom. The number of anilines is 1. The molecule has 0 unspecified atom stereocenters. The maximum Gasteiger partial charge on any atom is 0.135 e. The molecule has 80 valence electrons. The first-order valence-electron chi connectivity index (χ1n) is 5.03. The molecule has 1 fully saturated rings. The summed E-state index contributed by atoms with van der Waals surface area (Å²) in [5.41, 5.74) is 6.55. The van der Waals surface area contributed by atoms with Crippen LogP contribution < -0.4 is 11.1 Å². The Kier molecular flexibility index (Phi) is 2.86. The highest BCUT2D eigenvalue weighted by molar-refractivity contribution is 7.80. The molecule has 0 bridgehead atoms. The number of thiocarbonyl (C=S) groups is 1. The predicted molar refractivity (Wildman–Crippen MR) is 63.5 cm³/mol. The van der Waals surface area contributed by atoms with Gasteiger partial charge < -0.3 is 11.1 Å². The van der Waals surface area contributed by atoms with E-state index in [0.29, 0.717) is 17.3 Å². The molecule has 4 heteroatoms. The molecule has 1 aliphatic carbocycles. The van der Waals surface area contributed by atoms with Crippen molar-refractivity contribution < 1.29 is 4.39 Å². The highest BCUT2D eigenvalue weighted by Crippen LogP contribution is 2.26. The van der Waals surface area contributed by atoms with Crippen LogP contribution in [0.5, 0.6) is 0 Å². The van der Waals surface area contributed by atoms with Gasteiger partial charge in [-0.1, -0.05) is 18.3 Å². The van der Waals surface area contributed by atoms with Crippen molar-refractivity contribution in [3.8, 4) is 0 Å². The summed E-state index contributed by atoms with van der Waals surface area (Å²) in [7, 11) is 0. The Morgan fingerprint density at radius 3 is 2.73 bits per heavy atom. The van der Waals surface area contributed by atoms with Gasteiger partial charge >= 0.3 is 0 Å². The molecule has 2 nitrogen and oxygen atoms in total. The van der Waals surface area contributed by atoms with E-state index < -0.39 is 0 Å². The summed E-state index contributed by atoms with van der Waals surface area (Å²) in [6, 6.07) is 5.30. The van der Waals surface area contributed by atoms with Crippen LogP contribution in [0.4, 0.5) is 10.1 Å². The van der Waals surface area contributed by atoms with E-state index in [0.717, 1.165) is 12.8 Å². The lowest BCUT2D eigenvalue weighted by molar-refractivity contribution is 0.445. The number of hydrogen-bond acceptors (Lipinski definition) is 2. The summed E-state index contributed by atoms with van der Waals surface area (Å²) in [5.74, 6) is -0.355. The summed E-state index contributed by atoms with van der Waals surface area (Å²) >= 11 is 4.84. The molecule has 0 heterocycles. The fourth-order valence-corrected chi connectivity index (χ4v) is 1.87. The van der Waals surface area contributed by atoms with Gasteiger partial charge in [0.25, 0.3) is 0 Å². The second kappa shape index (κ2) is 4.14. The molecule has 0 saturated heterocycles. The zero-order valence-electron chi connectivity index (χ0n) is 8.29. The fourth-order valence-electron chi connectivity index (χ4n) is 1.67. The van der Waals surface area contributed by atoms with Gasteiger partial charge in [0.1, 0.15) is 10.8 Å². The van der Waals surface area contributed by atoms with E-state index in [1.54, 1.807) is 6.07 Å². The number of rotatable bonds is 3. The van der Waals surface area contributed by atoms with Crippen molar-refractivity contribution in [3.63, 3.8) is 0 Å². The first-order valence-corrected chi connectivity index (χ1v) is 5.44. The molecular formula is C11H13FN2S. The van der Waals surface area contributed by atoms with E-state index in [1.807, 2.05) is 6.07 Å². The number of nitrogens with two attached hydrogens (primary N) is 1. The van der Waals surface area contributed by atoms with E-state index in [1.165, 1.54) is 12.5 Å². The maximum atomic E-state index is 13.5. The molecule has 1 aromatic rings. The molecular weight excluding hydrogens is 211 g/mol. The largest absolute Gasteiger partial charge is 0.389 e. The summed E-state index contributed by atoms with van der Waals surface area (Å²) in [4.78, 5) is 0.106. The zero-order valence-corrected chi connectivity index (χ0v) is 9.11. The lowest BCUT2D eigenvalue weighted by Gasteiger charge is -2.28. The normalized spacial score (nSPS) is 15.8. The third-order valence-electron chi connectivity index (χ3n) is 2.72. The van der Waals surface area contributed by atoms with E-state index in [4.69, 9.17) is 18.0 Å². The molecule has 0 aromatic heterocycles. The van der Waals surface area contributed by atoms with Crippen molar-refractivity contribution in [1.29, 1.82) is 0 Å². The average Bonchev–Trinajstić information content (AvgIpc) is 2.10. The fraction of sp³-hybridized carbons (Fsp3) is 0.364. The molecule has 0 atom stereocenters. The lowest BCUT2D eigenvalue weighted by atomic mass is 9.92. The van der Waals surface area contributed by atoms with Gasteiger partial charge in [-0.15, -0.1) is 0 Å². The van der Waals surface area contributed by atoms with E-state index in [-0.39, 0.29) is 10.8 Å². The molecule has 0 amide bonds. The number of benzene rings is 1. The Hall–Kier alpha value is -1.16. The minimum Gasteiger partial charge on any atom is -0.389 e. The third-order valence-corrected chi connectivity index (χ3v) is 2.93. The minimum atomic E-state index is -0.355. The molecule has 1 saturated carbocycles. The van der Waals surface area contributed by atoms with Gasteiger partial charge in [0, 0.05) is 11.7 Å².